The molecule has 1 aliphatic heterocycles. The van der Waals surface area contributed by atoms with Crippen LogP contribution in [0.1, 0.15) is 34.7 Å². The molecule has 0 bridgehead atoms. The molecule has 0 atom stereocenters. The molecule has 0 saturated carbocycles. The van der Waals surface area contributed by atoms with Crippen molar-refractivity contribution < 1.29 is 27.1 Å². The highest BCUT2D eigenvalue weighted by atomic mass is 19.3. The Morgan fingerprint density at radius 3 is 2.26 bits per heavy atom. The smallest absolute Gasteiger partial charge is 0.280 e. The molecular weight excluding hydrogens is 418 g/mol. The summed E-state index contributed by atoms with van der Waals surface area (Å²) >= 11 is 0. The molecule has 1 saturated heterocycles. The highest BCUT2D eigenvalue weighted by Gasteiger charge is 2.26. The number of halogens is 4. The largest absolute Gasteiger partial charge is 0.497 e. The van der Waals surface area contributed by atoms with E-state index >= 15 is 0 Å². The minimum Gasteiger partial charge on any atom is -0.497 e. The number of alkyl halides is 4. The number of ether oxygens (including phenoxy) is 1. The van der Waals surface area contributed by atoms with Crippen molar-refractivity contribution >= 4 is 17.2 Å². The van der Waals surface area contributed by atoms with E-state index in [-0.39, 0.29) is 11.3 Å². The number of benzene rings is 1. The van der Waals surface area contributed by atoms with Crippen LogP contribution in [0.5, 0.6) is 5.75 Å². The number of rotatable bonds is 5. The molecule has 0 radical (unpaired) electrons. The number of hydrogen-bond donors (Lipinski definition) is 0. The second kappa shape index (κ2) is 8.40. The van der Waals surface area contributed by atoms with E-state index in [1.54, 1.807) is 12.0 Å². The van der Waals surface area contributed by atoms with Gasteiger partial charge in [-0.3, -0.25) is 4.79 Å². The first-order chi connectivity index (χ1) is 14.9. The lowest BCUT2D eigenvalue weighted by Gasteiger charge is -2.35. The fourth-order valence-electron chi connectivity index (χ4n) is 3.51. The molecule has 164 valence electrons. The number of carbonyl (C=O) groups is 1. The fourth-order valence-corrected chi connectivity index (χ4v) is 3.51. The SMILES string of the molecule is COc1ccc(N2CCN(C(=O)c3cc4nc(C(F)F)cc(C(F)F)n4n3)CC2)cc1. The van der Waals surface area contributed by atoms with Crippen LogP contribution in [0.2, 0.25) is 0 Å². The van der Waals surface area contributed by atoms with E-state index in [0.29, 0.717) is 32.2 Å². The van der Waals surface area contributed by atoms with E-state index < -0.39 is 30.1 Å². The van der Waals surface area contributed by atoms with Crippen LogP contribution in [0.4, 0.5) is 23.2 Å². The Kier molecular flexibility index (Phi) is 5.66. The first-order valence-corrected chi connectivity index (χ1v) is 9.52. The number of anilines is 1. The molecule has 1 fully saturated rings. The van der Waals surface area contributed by atoms with Gasteiger partial charge in [-0.25, -0.2) is 27.1 Å². The molecule has 2 aromatic heterocycles. The van der Waals surface area contributed by atoms with Gasteiger partial charge in [-0.1, -0.05) is 0 Å². The van der Waals surface area contributed by atoms with Crippen LogP contribution in [0, 0.1) is 0 Å². The van der Waals surface area contributed by atoms with Crippen molar-refractivity contribution in [3.05, 3.63) is 53.5 Å². The Bertz CT molecular complexity index is 1080. The predicted molar refractivity (Wildman–Crippen MR) is 104 cm³/mol. The van der Waals surface area contributed by atoms with Gasteiger partial charge in [0.2, 0.25) is 0 Å². The van der Waals surface area contributed by atoms with E-state index in [0.717, 1.165) is 22.0 Å². The van der Waals surface area contributed by atoms with Gasteiger partial charge in [0, 0.05) is 37.9 Å². The molecule has 3 aromatic rings. The monoisotopic (exact) mass is 437 g/mol. The molecular formula is C20H19F4N5O2. The summed E-state index contributed by atoms with van der Waals surface area (Å²) < 4.78 is 58.5. The second-order valence-corrected chi connectivity index (χ2v) is 6.98. The summed E-state index contributed by atoms with van der Waals surface area (Å²) in [5.74, 6) is 0.287. The van der Waals surface area contributed by atoms with Crippen molar-refractivity contribution in [1.29, 1.82) is 0 Å². The van der Waals surface area contributed by atoms with Gasteiger partial charge in [-0.2, -0.15) is 5.10 Å². The van der Waals surface area contributed by atoms with E-state index in [4.69, 9.17) is 4.74 Å². The summed E-state index contributed by atoms with van der Waals surface area (Å²) in [5.41, 5.74) is -0.851. The lowest BCUT2D eigenvalue weighted by molar-refractivity contribution is 0.0739. The third-order valence-electron chi connectivity index (χ3n) is 5.15. The third-order valence-corrected chi connectivity index (χ3v) is 5.15. The van der Waals surface area contributed by atoms with Crippen molar-refractivity contribution in [3.8, 4) is 5.75 Å². The average molecular weight is 437 g/mol. The molecule has 3 heterocycles. The van der Waals surface area contributed by atoms with Gasteiger partial charge >= 0.3 is 0 Å². The van der Waals surface area contributed by atoms with Gasteiger partial charge in [0.15, 0.2) is 11.3 Å². The highest BCUT2D eigenvalue weighted by molar-refractivity contribution is 5.93. The minimum atomic E-state index is -3.04. The molecule has 0 unspecified atom stereocenters. The Labute approximate surface area is 174 Å². The second-order valence-electron chi connectivity index (χ2n) is 6.98. The summed E-state index contributed by atoms with van der Waals surface area (Å²) in [6, 6.07) is 9.33. The van der Waals surface area contributed by atoms with E-state index in [1.807, 2.05) is 24.3 Å². The zero-order valence-electron chi connectivity index (χ0n) is 16.5. The molecule has 11 heteroatoms. The number of hydrogen-bond acceptors (Lipinski definition) is 5. The van der Waals surface area contributed by atoms with Gasteiger partial charge in [-0.15, -0.1) is 0 Å². The van der Waals surface area contributed by atoms with E-state index in [9.17, 15) is 22.4 Å². The topological polar surface area (TPSA) is 63.0 Å². The van der Waals surface area contributed by atoms with Crippen molar-refractivity contribution in [2.45, 2.75) is 12.9 Å². The Morgan fingerprint density at radius 1 is 1.00 bits per heavy atom. The molecule has 4 rings (SSSR count). The number of carbonyl (C=O) groups excluding carboxylic acids is 1. The number of methoxy groups -OCH3 is 1. The molecule has 31 heavy (non-hydrogen) atoms. The predicted octanol–water partition coefficient (Wildman–Crippen LogP) is 3.58. The summed E-state index contributed by atoms with van der Waals surface area (Å²) in [5, 5.41) is 3.92. The molecule has 7 nitrogen and oxygen atoms in total. The standard InChI is InChI=1S/C20H19F4N5O2/c1-31-13-4-2-12(3-5-13)27-6-8-28(9-7-27)20(30)15-11-17-25-14(18(21)22)10-16(19(23)24)29(17)26-15/h2-5,10-11,18-19H,6-9H2,1H3. The molecule has 0 N–H and O–H groups in total. The first kappa shape index (κ1) is 20.9. The van der Waals surface area contributed by atoms with Crippen LogP contribution in [0.15, 0.2) is 36.4 Å². The fraction of sp³-hybridized carbons (Fsp3) is 0.350. The Hall–Kier alpha value is -3.37. The van der Waals surface area contributed by atoms with Gasteiger partial charge in [0.05, 0.1) is 7.11 Å². The molecule has 1 amide bonds. The summed E-state index contributed by atoms with van der Waals surface area (Å²) in [6.07, 6.45) is -6.05. The zero-order chi connectivity index (χ0) is 22.1. The number of fused-ring (bicyclic) bond motifs is 1. The average Bonchev–Trinajstić information content (AvgIpc) is 3.22. The van der Waals surface area contributed by atoms with Crippen molar-refractivity contribution in [3.63, 3.8) is 0 Å². The van der Waals surface area contributed by atoms with Gasteiger partial charge in [-0.05, 0) is 30.3 Å². The van der Waals surface area contributed by atoms with Gasteiger partial charge < -0.3 is 14.5 Å². The van der Waals surface area contributed by atoms with Crippen molar-refractivity contribution in [2.75, 3.05) is 38.2 Å². The lowest BCUT2D eigenvalue weighted by atomic mass is 10.2. The highest BCUT2D eigenvalue weighted by Crippen LogP contribution is 2.26. The molecule has 1 aromatic carbocycles. The van der Waals surface area contributed by atoms with E-state index in [2.05, 4.69) is 15.0 Å². The van der Waals surface area contributed by atoms with E-state index in [1.165, 1.54) is 0 Å². The number of aromatic nitrogens is 3. The molecule has 0 spiro atoms. The maximum Gasteiger partial charge on any atom is 0.280 e. The summed E-state index contributed by atoms with van der Waals surface area (Å²) in [6.45, 7) is 1.94. The van der Waals surface area contributed by atoms with Crippen LogP contribution in [-0.2, 0) is 0 Å². The number of piperazine rings is 1. The third kappa shape index (κ3) is 4.12. The Morgan fingerprint density at radius 2 is 1.68 bits per heavy atom. The molecule has 0 aliphatic carbocycles. The Balaban J connectivity index is 1.51. The maximum absolute atomic E-state index is 13.3. The summed E-state index contributed by atoms with van der Waals surface area (Å²) in [7, 11) is 1.59. The van der Waals surface area contributed by atoms with Crippen LogP contribution < -0.4 is 9.64 Å². The molecule has 1 aliphatic rings. The maximum atomic E-state index is 13.3. The first-order valence-electron chi connectivity index (χ1n) is 9.52. The van der Waals surface area contributed by atoms with Crippen LogP contribution >= 0.6 is 0 Å². The quantitative estimate of drug-likeness (QED) is 0.571. The van der Waals surface area contributed by atoms with Crippen LogP contribution in [-0.4, -0.2) is 58.7 Å². The van der Waals surface area contributed by atoms with Gasteiger partial charge in [0.1, 0.15) is 17.1 Å². The summed E-state index contributed by atoms with van der Waals surface area (Å²) in [4.78, 5) is 20.2. The number of amides is 1. The normalized spacial score (nSPS) is 14.7. The van der Waals surface area contributed by atoms with Crippen molar-refractivity contribution in [2.24, 2.45) is 0 Å². The number of nitrogens with zero attached hydrogens (tertiary/aromatic N) is 5. The zero-order valence-corrected chi connectivity index (χ0v) is 16.5. The van der Waals surface area contributed by atoms with Crippen LogP contribution in [0.25, 0.3) is 5.65 Å². The van der Waals surface area contributed by atoms with Gasteiger partial charge in [0.25, 0.3) is 18.8 Å². The lowest BCUT2D eigenvalue weighted by Crippen LogP contribution is -2.48. The van der Waals surface area contributed by atoms with Crippen molar-refractivity contribution in [1.82, 2.24) is 19.5 Å². The van der Waals surface area contributed by atoms with Crippen LogP contribution in [0.3, 0.4) is 0 Å². The minimum absolute atomic E-state index is 0.112.